The van der Waals surface area contributed by atoms with Crippen LogP contribution in [-0.2, 0) is 6.54 Å². The Morgan fingerprint density at radius 1 is 1.07 bits per heavy atom. The van der Waals surface area contributed by atoms with Gasteiger partial charge in [-0.2, -0.15) is 0 Å². The third-order valence-electron chi connectivity index (χ3n) is 4.45. The first kappa shape index (κ1) is 21.0. The van der Waals surface area contributed by atoms with Gasteiger partial charge in [-0.05, 0) is 54.8 Å². The summed E-state index contributed by atoms with van der Waals surface area (Å²) in [6, 6.07) is 16.3. The third kappa shape index (κ3) is 5.09. The Morgan fingerprint density at radius 3 is 2.52 bits per heavy atom. The predicted molar refractivity (Wildman–Crippen MR) is 126 cm³/mol. The lowest BCUT2D eigenvalue weighted by Gasteiger charge is -2.14. The summed E-state index contributed by atoms with van der Waals surface area (Å²) >= 11 is 0. The fraction of sp³-hybridized carbons (Fsp3) is 0.238. The van der Waals surface area contributed by atoms with Gasteiger partial charge in [0.15, 0.2) is 5.96 Å². The highest BCUT2D eigenvalue weighted by molar-refractivity contribution is 14.0. The van der Waals surface area contributed by atoms with Gasteiger partial charge in [-0.15, -0.1) is 24.0 Å². The number of halogens is 1. The standard InChI is InChI=1S/C21H25N5.HI/c1-14-9-10-17(11-15(14)2)24-21(22)23-13-16-12-20(26(3)4)25-19-8-6-5-7-18(16)19;/h5-12H,13H2,1-4H3,(H3,22,23,24);1H. The molecular weight excluding hydrogens is 449 g/mol. The molecule has 142 valence electrons. The van der Waals surface area contributed by atoms with Gasteiger partial charge in [-0.25, -0.2) is 9.98 Å². The number of aliphatic imine (C=N–C) groups is 1. The Hall–Kier alpha value is -2.35. The molecule has 0 spiro atoms. The number of aromatic nitrogens is 1. The topological polar surface area (TPSA) is 66.5 Å². The van der Waals surface area contributed by atoms with E-state index in [2.05, 4.69) is 53.4 Å². The molecule has 3 N–H and O–H groups in total. The summed E-state index contributed by atoms with van der Waals surface area (Å²) in [6.45, 7) is 4.67. The largest absolute Gasteiger partial charge is 0.370 e. The number of hydrogen-bond donors (Lipinski definition) is 2. The molecule has 27 heavy (non-hydrogen) atoms. The maximum absolute atomic E-state index is 6.10. The van der Waals surface area contributed by atoms with E-state index in [4.69, 9.17) is 5.73 Å². The van der Waals surface area contributed by atoms with E-state index in [0.29, 0.717) is 12.5 Å². The average molecular weight is 475 g/mol. The van der Waals surface area contributed by atoms with Gasteiger partial charge in [0.2, 0.25) is 0 Å². The minimum Gasteiger partial charge on any atom is -0.370 e. The third-order valence-corrected chi connectivity index (χ3v) is 4.45. The molecule has 0 atom stereocenters. The van der Waals surface area contributed by atoms with Gasteiger partial charge in [0, 0.05) is 25.2 Å². The molecule has 0 bridgehead atoms. The van der Waals surface area contributed by atoms with Crippen molar-refractivity contribution in [2.24, 2.45) is 10.7 Å². The van der Waals surface area contributed by atoms with Gasteiger partial charge in [0.05, 0.1) is 12.1 Å². The Kier molecular flexibility index (Phi) is 7.01. The van der Waals surface area contributed by atoms with E-state index in [0.717, 1.165) is 28.0 Å². The van der Waals surface area contributed by atoms with E-state index in [9.17, 15) is 0 Å². The van der Waals surface area contributed by atoms with Crippen molar-refractivity contribution in [3.8, 4) is 0 Å². The van der Waals surface area contributed by atoms with Crippen LogP contribution in [0.2, 0.25) is 0 Å². The number of fused-ring (bicyclic) bond motifs is 1. The van der Waals surface area contributed by atoms with Crippen molar-refractivity contribution in [3.63, 3.8) is 0 Å². The van der Waals surface area contributed by atoms with Crippen LogP contribution in [0, 0.1) is 13.8 Å². The monoisotopic (exact) mass is 475 g/mol. The van der Waals surface area contributed by atoms with Gasteiger partial charge >= 0.3 is 0 Å². The minimum atomic E-state index is 0. The second-order valence-electron chi connectivity index (χ2n) is 6.68. The normalized spacial score (nSPS) is 11.2. The first-order chi connectivity index (χ1) is 12.4. The van der Waals surface area contributed by atoms with Gasteiger partial charge in [0.1, 0.15) is 5.82 Å². The van der Waals surface area contributed by atoms with E-state index in [1.54, 1.807) is 0 Å². The second-order valence-corrected chi connectivity index (χ2v) is 6.68. The number of nitrogens with two attached hydrogens (primary N) is 1. The zero-order chi connectivity index (χ0) is 18.7. The number of hydrogen-bond acceptors (Lipinski definition) is 3. The number of rotatable bonds is 4. The number of anilines is 2. The molecule has 5 nitrogen and oxygen atoms in total. The zero-order valence-corrected chi connectivity index (χ0v) is 18.5. The molecule has 3 rings (SSSR count). The molecule has 0 aliphatic heterocycles. The van der Waals surface area contributed by atoms with Crippen molar-refractivity contribution in [3.05, 3.63) is 65.2 Å². The molecule has 0 unspecified atom stereocenters. The maximum Gasteiger partial charge on any atom is 0.193 e. The average Bonchev–Trinajstić information content (AvgIpc) is 2.62. The number of nitrogens with zero attached hydrogens (tertiary/aromatic N) is 3. The number of aryl methyl sites for hydroxylation is 2. The molecule has 3 aromatic rings. The van der Waals surface area contributed by atoms with E-state index < -0.39 is 0 Å². The van der Waals surface area contributed by atoms with Crippen LogP contribution >= 0.6 is 24.0 Å². The second kappa shape index (κ2) is 9.03. The van der Waals surface area contributed by atoms with E-state index in [-0.39, 0.29) is 24.0 Å². The van der Waals surface area contributed by atoms with Crippen molar-refractivity contribution in [2.75, 3.05) is 24.3 Å². The van der Waals surface area contributed by atoms with E-state index in [1.165, 1.54) is 11.1 Å². The molecule has 0 saturated carbocycles. The van der Waals surface area contributed by atoms with Gasteiger partial charge in [0.25, 0.3) is 0 Å². The Balaban J connectivity index is 0.00000261. The van der Waals surface area contributed by atoms with Gasteiger partial charge in [-0.3, -0.25) is 0 Å². The first-order valence-electron chi connectivity index (χ1n) is 8.64. The smallest absolute Gasteiger partial charge is 0.193 e. The van der Waals surface area contributed by atoms with Crippen molar-refractivity contribution < 1.29 is 0 Å². The molecule has 0 fully saturated rings. The summed E-state index contributed by atoms with van der Waals surface area (Å²) in [5.74, 6) is 1.31. The summed E-state index contributed by atoms with van der Waals surface area (Å²) < 4.78 is 0. The summed E-state index contributed by atoms with van der Waals surface area (Å²) in [6.07, 6.45) is 0. The number of nitrogens with one attached hydrogen (secondary N) is 1. The van der Waals surface area contributed by atoms with Crippen molar-refractivity contribution in [1.29, 1.82) is 0 Å². The van der Waals surface area contributed by atoms with Gasteiger partial charge < -0.3 is 16.0 Å². The van der Waals surface area contributed by atoms with Crippen molar-refractivity contribution in [2.45, 2.75) is 20.4 Å². The molecule has 1 aromatic heterocycles. The summed E-state index contributed by atoms with van der Waals surface area (Å²) in [7, 11) is 3.97. The highest BCUT2D eigenvalue weighted by Crippen LogP contribution is 2.23. The summed E-state index contributed by atoms with van der Waals surface area (Å²) in [4.78, 5) is 11.2. The molecule has 6 heteroatoms. The van der Waals surface area contributed by atoms with Crippen LogP contribution in [-0.4, -0.2) is 25.0 Å². The lowest BCUT2D eigenvalue weighted by molar-refractivity contribution is 1.04. The molecule has 0 aliphatic rings. The van der Waals surface area contributed by atoms with Crippen LogP contribution in [0.25, 0.3) is 10.9 Å². The fourth-order valence-electron chi connectivity index (χ4n) is 2.77. The van der Waals surface area contributed by atoms with Crippen LogP contribution in [0.1, 0.15) is 16.7 Å². The Morgan fingerprint density at radius 2 is 1.81 bits per heavy atom. The molecule has 0 aliphatic carbocycles. The molecular formula is C21H26IN5. The minimum absolute atomic E-state index is 0. The highest BCUT2D eigenvalue weighted by atomic mass is 127. The Labute approximate surface area is 177 Å². The fourth-order valence-corrected chi connectivity index (χ4v) is 2.77. The lowest BCUT2D eigenvalue weighted by Crippen LogP contribution is -2.22. The summed E-state index contributed by atoms with van der Waals surface area (Å²) in [5.41, 5.74) is 11.6. The Bertz CT molecular complexity index is 966. The van der Waals surface area contributed by atoms with Crippen LogP contribution in [0.4, 0.5) is 11.5 Å². The van der Waals surface area contributed by atoms with E-state index >= 15 is 0 Å². The van der Waals surface area contributed by atoms with Crippen molar-refractivity contribution in [1.82, 2.24) is 4.98 Å². The highest BCUT2D eigenvalue weighted by Gasteiger charge is 2.07. The maximum atomic E-state index is 6.10. The summed E-state index contributed by atoms with van der Waals surface area (Å²) in [5, 5.41) is 4.27. The molecule has 1 heterocycles. The van der Waals surface area contributed by atoms with E-state index in [1.807, 2.05) is 43.3 Å². The number of guanidine groups is 1. The molecule has 2 aromatic carbocycles. The number of benzene rings is 2. The van der Waals surface area contributed by atoms with Crippen LogP contribution in [0.15, 0.2) is 53.5 Å². The predicted octanol–water partition coefficient (Wildman–Crippen LogP) is 4.46. The zero-order valence-electron chi connectivity index (χ0n) is 16.2. The lowest BCUT2D eigenvalue weighted by atomic mass is 10.1. The van der Waals surface area contributed by atoms with Crippen LogP contribution < -0.4 is 16.0 Å². The number of pyridine rings is 1. The molecule has 0 amide bonds. The van der Waals surface area contributed by atoms with Crippen LogP contribution in [0.3, 0.4) is 0 Å². The first-order valence-corrected chi connectivity index (χ1v) is 8.64. The quantitative estimate of drug-likeness (QED) is 0.332. The molecule has 0 radical (unpaired) electrons. The SMILES string of the molecule is Cc1ccc(NC(N)=NCc2cc(N(C)C)nc3ccccc23)cc1C.I. The van der Waals surface area contributed by atoms with Crippen molar-refractivity contribution >= 4 is 52.3 Å². The number of para-hydroxylation sites is 1. The van der Waals surface area contributed by atoms with Gasteiger partial charge in [-0.1, -0.05) is 24.3 Å². The molecule has 0 saturated heterocycles. The van der Waals surface area contributed by atoms with Crippen LogP contribution in [0.5, 0.6) is 0 Å².